The van der Waals surface area contributed by atoms with Gasteiger partial charge in [-0.3, -0.25) is 0 Å². The molecule has 0 spiro atoms. The molecular weight excluding hydrogens is 324 g/mol. The highest BCUT2D eigenvalue weighted by atomic mass is 16.5. The first-order valence-electron chi connectivity index (χ1n) is 8.83. The van der Waals surface area contributed by atoms with Gasteiger partial charge >= 0.3 is 0 Å². The number of benzene rings is 2. The van der Waals surface area contributed by atoms with E-state index in [1.807, 2.05) is 24.3 Å². The molecule has 0 bridgehead atoms. The van der Waals surface area contributed by atoms with E-state index in [0.717, 1.165) is 35.1 Å². The van der Waals surface area contributed by atoms with Crippen molar-refractivity contribution in [2.45, 2.75) is 25.8 Å². The first-order chi connectivity index (χ1) is 12.8. The van der Waals surface area contributed by atoms with Crippen molar-refractivity contribution in [1.82, 2.24) is 15.1 Å². The molecule has 1 N–H and O–H groups in total. The van der Waals surface area contributed by atoms with E-state index in [0.29, 0.717) is 17.8 Å². The molecular formula is C21H18N4O. The Balaban J connectivity index is 1.50. The van der Waals surface area contributed by atoms with Gasteiger partial charge in [-0.2, -0.15) is 4.98 Å². The lowest BCUT2D eigenvalue weighted by atomic mass is 10.1. The molecule has 0 radical (unpaired) electrons. The molecule has 26 heavy (non-hydrogen) atoms. The number of pyridine rings is 1. The summed E-state index contributed by atoms with van der Waals surface area (Å²) < 4.78 is 5.12. The molecule has 5 rings (SSSR count). The summed E-state index contributed by atoms with van der Waals surface area (Å²) in [5.41, 5.74) is 4.66. The molecule has 0 saturated carbocycles. The van der Waals surface area contributed by atoms with E-state index in [1.54, 1.807) is 6.92 Å². The van der Waals surface area contributed by atoms with Crippen LogP contribution < -0.4 is 5.32 Å². The van der Waals surface area contributed by atoms with Gasteiger partial charge in [0, 0.05) is 17.9 Å². The lowest BCUT2D eigenvalue weighted by Gasteiger charge is -2.15. The number of nitrogens with one attached hydrogen (secondary N) is 1. The number of rotatable bonds is 3. The first kappa shape index (κ1) is 15.1. The molecule has 1 atom stereocenters. The molecule has 1 aliphatic carbocycles. The van der Waals surface area contributed by atoms with Crippen molar-refractivity contribution in [3.63, 3.8) is 0 Å². The molecule has 2 heterocycles. The highest BCUT2D eigenvalue weighted by Gasteiger charge is 2.22. The molecule has 0 aliphatic heterocycles. The number of hydrogen-bond acceptors (Lipinski definition) is 5. The van der Waals surface area contributed by atoms with Crippen molar-refractivity contribution in [3.8, 4) is 11.4 Å². The fraction of sp³-hybridized carbons (Fsp3) is 0.190. The van der Waals surface area contributed by atoms with Crippen molar-refractivity contribution < 1.29 is 4.52 Å². The Bertz CT molecular complexity index is 1100. The summed E-state index contributed by atoms with van der Waals surface area (Å²) in [6.45, 7) is 1.79. The predicted molar refractivity (Wildman–Crippen MR) is 101 cm³/mol. The van der Waals surface area contributed by atoms with Gasteiger partial charge in [-0.15, -0.1) is 0 Å². The van der Waals surface area contributed by atoms with E-state index in [1.165, 1.54) is 11.1 Å². The summed E-state index contributed by atoms with van der Waals surface area (Å²) in [6, 6.07) is 19.0. The predicted octanol–water partition coefficient (Wildman–Crippen LogP) is 4.69. The number of hydrogen-bond donors (Lipinski definition) is 1. The van der Waals surface area contributed by atoms with Gasteiger partial charge in [-0.05, 0) is 42.2 Å². The van der Waals surface area contributed by atoms with E-state index in [-0.39, 0.29) is 0 Å². The maximum Gasteiger partial charge on any atom is 0.223 e. The van der Waals surface area contributed by atoms with Crippen LogP contribution in [0.1, 0.15) is 29.5 Å². The molecule has 0 fully saturated rings. The second-order valence-electron chi connectivity index (χ2n) is 6.64. The molecule has 5 heteroatoms. The molecule has 5 nitrogen and oxygen atoms in total. The summed E-state index contributed by atoms with van der Waals surface area (Å²) in [5.74, 6) is 2.05. The van der Waals surface area contributed by atoms with Gasteiger partial charge in [0.25, 0.3) is 0 Å². The van der Waals surface area contributed by atoms with Crippen LogP contribution >= 0.6 is 0 Å². The second-order valence-corrected chi connectivity index (χ2v) is 6.64. The highest BCUT2D eigenvalue weighted by molar-refractivity contribution is 5.93. The number of aromatic nitrogens is 3. The minimum atomic E-state index is 0.319. The molecule has 1 unspecified atom stereocenters. The summed E-state index contributed by atoms with van der Waals surface area (Å²) in [7, 11) is 0. The molecule has 2 aromatic heterocycles. The maximum absolute atomic E-state index is 5.12. The topological polar surface area (TPSA) is 63.8 Å². The smallest absolute Gasteiger partial charge is 0.223 e. The van der Waals surface area contributed by atoms with Gasteiger partial charge in [0.2, 0.25) is 11.7 Å². The summed E-state index contributed by atoms with van der Waals surface area (Å²) in [4.78, 5) is 9.15. The van der Waals surface area contributed by atoms with Crippen molar-refractivity contribution in [1.29, 1.82) is 0 Å². The van der Waals surface area contributed by atoms with Gasteiger partial charge < -0.3 is 9.84 Å². The zero-order valence-electron chi connectivity index (χ0n) is 14.4. The minimum absolute atomic E-state index is 0.319. The van der Waals surface area contributed by atoms with E-state index < -0.39 is 0 Å². The lowest BCUT2D eigenvalue weighted by Crippen LogP contribution is -2.08. The van der Waals surface area contributed by atoms with Crippen LogP contribution in [0.3, 0.4) is 0 Å². The molecule has 2 aromatic carbocycles. The van der Waals surface area contributed by atoms with Crippen LogP contribution in [-0.2, 0) is 6.42 Å². The number of aryl methyl sites for hydroxylation is 2. The molecule has 0 saturated heterocycles. The molecule has 0 amide bonds. The van der Waals surface area contributed by atoms with Crippen LogP contribution in [0.2, 0.25) is 0 Å². The minimum Gasteiger partial charge on any atom is -0.363 e. The van der Waals surface area contributed by atoms with E-state index in [4.69, 9.17) is 9.51 Å². The summed E-state index contributed by atoms with van der Waals surface area (Å²) >= 11 is 0. The Kier molecular flexibility index (Phi) is 3.45. The van der Waals surface area contributed by atoms with E-state index in [2.05, 4.69) is 45.8 Å². The van der Waals surface area contributed by atoms with Crippen LogP contribution in [0.15, 0.2) is 59.1 Å². The largest absolute Gasteiger partial charge is 0.363 e. The third-order valence-corrected chi connectivity index (χ3v) is 4.96. The fourth-order valence-electron chi connectivity index (χ4n) is 3.72. The summed E-state index contributed by atoms with van der Waals surface area (Å²) in [6.07, 6.45) is 2.21. The molecule has 128 valence electrons. The number of nitrogens with zero attached hydrogens (tertiary/aromatic N) is 3. The molecule has 4 aromatic rings. The Labute approximate surface area is 151 Å². The zero-order chi connectivity index (χ0) is 17.5. The normalized spacial score (nSPS) is 16.0. The monoisotopic (exact) mass is 342 g/mol. The highest BCUT2D eigenvalue weighted by Crippen LogP contribution is 2.34. The third-order valence-electron chi connectivity index (χ3n) is 4.96. The van der Waals surface area contributed by atoms with Crippen molar-refractivity contribution in [2.75, 3.05) is 5.32 Å². The average Bonchev–Trinajstić information content (AvgIpc) is 3.28. The van der Waals surface area contributed by atoms with Crippen LogP contribution in [-0.4, -0.2) is 15.1 Å². The van der Waals surface area contributed by atoms with Crippen molar-refractivity contribution in [3.05, 3.63) is 71.6 Å². The van der Waals surface area contributed by atoms with Crippen molar-refractivity contribution >= 4 is 16.7 Å². The van der Waals surface area contributed by atoms with Crippen LogP contribution in [0.25, 0.3) is 22.3 Å². The Morgan fingerprint density at radius 1 is 1.00 bits per heavy atom. The standard InChI is InChI=1S/C21H18N4O/c1-13-22-21(25-26-13)17-7-4-8-18-16(17)10-12-20(23-18)24-19-11-9-14-5-2-3-6-15(14)19/h2-8,10,12,19H,9,11H2,1H3,(H,23,24). The van der Waals surface area contributed by atoms with Gasteiger partial charge in [-0.25, -0.2) is 4.98 Å². The molecule has 1 aliphatic rings. The van der Waals surface area contributed by atoms with Gasteiger partial charge in [-0.1, -0.05) is 41.6 Å². The van der Waals surface area contributed by atoms with Crippen LogP contribution in [0, 0.1) is 6.92 Å². The van der Waals surface area contributed by atoms with Gasteiger partial charge in [0.05, 0.1) is 11.6 Å². The second kappa shape index (κ2) is 5.95. The van der Waals surface area contributed by atoms with E-state index in [9.17, 15) is 0 Å². The quantitative estimate of drug-likeness (QED) is 0.585. The summed E-state index contributed by atoms with van der Waals surface area (Å²) in [5, 5.41) is 8.65. The van der Waals surface area contributed by atoms with Crippen LogP contribution in [0.4, 0.5) is 5.82 Å². The Morgan fingerprint density at radius 2 is 1.92 bits per heavy atom. The van der Waals surface area contributed by atoms with Gasteiger partial charge in [0.15, 0.2) is 0 Å². The number of anilines is 1. The number of fused-ring (bicyclic) bond motifs is 2. The first-order valence-corrected chi connectivity index (χ1v) is 8.83. The van der Waals surface area contributed by atoms with E-state index >= 15 is 0 Å². The van der Waals surface area contributed by atoms with Crippen LogP contribution in [0.5, 0.6) is 0 Å². The van der Waals surface area contributed by atoms with Crippen molar-refractivity contribution in [2.24, 2.45) is 0 Å². The lowest BCUT2D eigenvalue weighted by molar-refractivity contribution is 0.394. The zero-order valence-corrected chi connectivity index (χ0v) is 14.4. The Morgan fingerprint density at radius 3 is 2.81 bits per heavy atom. The SMILES string of the molecule is Cc1nc(-c2cccc3nc(NC4CCc5ccccc54)ccc23)no1. The fourth-order valence-corrected chi connectivity index (χ4v) is 3.72. The Hall–Kier alpha value is -3.21. The van der Waals surface area contributed by atoms with Gasteiger partial charge in [0.1, 0.15) is 5.82 Å². The maximum atomic E-state index is 5.12. The average molecular weight is 342 g/mol. The third kappa shape index (κ3) is 2.52.